The first kappa shape index (κ1) is 11.0. The Bertz CT molecular complexity index is 441. The molecule has 2 rings (SSSR count). The molecule has 0 radical (unpaired) electrons. The zero-order valence-electron chi connectivity index (χ0n) is 10.0. The molecule has 0 N–H and O–H groups in total. The fraction of sp³-hybridized carbons (Fsp3) is 0.333. The summed E-state index contributed by atoms with van der Waals surface area (Å²) in [5.41, 5.74) is 4.83. The van der Waals surface area contributed by atoms with Crippen molar-refractivity contribution in [3.05, 3.63) is 47.6 Å². The van der Waals surface area contributed by atoms with Crippen molar-refractivity contribution in [1.29, 1.82) is 0 Å². The molecule has 0 spiro atoms. The third-order valence-electron chi connectivity index (χ3n) is 2.97. The number of allylic oxidation sites excluding steroid dienone is 3. The lowest BCUT2D eigenvalue weighted by molar-refractivity contribution is 0.288. The molecule has 0 fully saturated rings. The molecule has 84 valence electrons. The summed E-state index contributed by atoms with van der Waals surface area (Å²) in [5.74, 6) is 1.05. The highest BCUT2D eigenvalue weighted by Crippen LogP contribution is 2.30. The van der Waals surface area contributed by atoms with Crippen LogP contribution in [-0.2, 0) is 6.42 Å². The van der Waals surface area contributed by atoms with E-state index in [-0.39, 0.29) is 0 Å². The van der Waals surface area contributed by atoms with Crippen LogP contribution in [0.15, 0.2) is 36.4 Å². The van der Waals surface area contributed by atoms with Crippen LogP contribution in [0.5, 0.6) is 5.75 Å². The SMILES string of the molecule is C=C(C)/C(=C\C)c1ccc2c(c1)OCCC2. The molecule has 0 atom stereocenters. The van der Waals surface area contributed by atoms with E-state index in [9.17, 15) is 0 Å². The molecule has 1 heterocycles. The smallest absolute Gasteiger partial charge is 0.123 e. The number of rotatable bonds is 2. The standard InChI is InChI=1S/C15H18O/c1-4-14(11(2)3)13-8-7-12-6-5-9-16-15(12)10-13/h4,7-8,10H,2,5-6,9H2,1,3H3/b14-4+. The van der Waals surface area contributed by atoms with Gasteiger partial charge in [0.15, 0.2) is 0 Å². The molecular weight excluding hydrogens is 196 g/mol. The summed E-state index contributed by atoms with van der Waals surface area (Å²) in [6.07, 6.45) is 4.37. The third kappa shape index (κ3) is 2.04. The summed E-state index contributed by atoms with van der Waals surface area (Å²) in [6.45, 7) is 8.93. The minimum absolute atomic E-state index is 0.842. The summed E-state index contributed by atoms with van der Waals surface area (Å²) in [7, 11) is 0. The van der Waals surface area contributed by atoms with Crippen molar-refractivity contribution in [2.45, 2.75) is 26.7 Å². The van der Waals surface area contributed by atoms with Crippen LogP contribution in [0.3, 0.4) is 0 Å². The van der Waals surface area contributed by atoms with Crippen molar-refractivity contribution in [2.24, 2.45) is 0 Å². The summed E-state index contributed by atoms with van der Waals surface area (Å²) >= 11 is 0. The van der Waals surface area contributed by atoms with Crippen LogP contribution in [0.1, 0.15) is 31.4 Å². The Morgan fingerprint density at radius 1 is 1.44 bits per heavy atom. The Balaban J connectivity index is 2.40. The molecule has 0 saturated heterocycles. The predicted molar refractivity (Wildman–Crippen MR) is 68.7 cm³/mol. The molecular formula is C15H18O. The number of hydrogen-bond acceptors (Lipinski definition) is 1. The van der Waals surface area contributed by atoms with Gasteiger partial charge < -0.3 is 4.74 Å². The van der Waals surface area contributed by atoms with Gasteiger partial charge in [0.2, 0.25) is 0 Å². The van der Waals surface area contributed by atoms with E-state index in [1.165, 1.54) is 16.7 Å². The van der Waals surface area contributed by atoms with Crippen LogP contribution in [0.4, 0.5) is 0 Å². The zero-order chi connectivity index (χ0) is 11.5. The van der Waals surface area contributed by atoms with E-state index in [0.717, 1.165) is 30.8 Å². The highest BCUT2D eigenvalue weighted by Gasteiger charge is 2.11. The molecule has 1 heteroatoms. The van der Waals surface area contributed by atoms with Gasteiger partial charge in [-0.2, -0.15) is 0 Å². The van der Waals surface area contributed by atoms with Crippen molar-refractivity contribution < 1.29 is 4.74 Å². The van der Waals surface area contributed by atoms with E-state index in [2.05, 4.69) is 30.9 Å². The topological polar surface area (TPSA) is 9.23 Å². The monoisotopic (exact) mass is 214 g/mol. The molecule has 16 heavy (non-hydrogen) atoms. The second-order valence-corrected chi connectivity index (χ2v) is 4.26. The lowest BCUT2D eigenvalue weighted by Gasteiger charge is -2.18. The van der Waals surface area contributed by atoms with Crippen molar-refractivity contribution in [1.82, 2.24) is 0 Å². The number of hydrogen-bond donors (Lipinski definition) is 0. The van der Waals surface area contributed by atoms with E-state index in [1.807, 2.05) is 13.8 Å². The molecule has 0 unspecified atom stereocenters. The van der Waals surface area contributed by atoms with Gasteiger partial charge in [0.25, 0.3) is 0 Å². The number of benzene rings is 1. The van der Waals surface area contributed by atoms with E-state index in [0.29, 0.717) is 0 Å². The fourth-order valence-corrected chi connectivity index (χ4v) is 2.17. The maximum Gasteiger partial charge on any atom is 0.123 e. The number of ether oxygens (including phenoxy) is 1. The van der Waals surface area contributed by atoms with Gasteiger partial charge in [-0.15, -0.1) is 0 Å². The molecule has 0 aromatic heterocycles. The van der Waals surface area contributed by atoms with Crippen LogP contribution in [-0.4, -0.2) is 6.61 Å². The zero-order valence-corrected chi connectivity index (χ0v) is 10.0. The van der Waals surface area contributed by atoms with Crippen LogP contribution in [0.2, 0.25) is 0 Å². The van der Waals surface area contributed by atoms with E-state index in [1.54, 1.807) is 0 Å². The first-order chi connectivity index (χ1) is 7.72. The summed E-state index contributed by atoms with van der Waals surface area (Å²) < 4.78 is 5.68. The predicted octanol–water partition coefficient (Wildman–Crippen LogP) is 3.99. The maximum atomic E-state index is 5.68. The Labute approximate surface area is 97.4 Å². The van der Waals surface area contributed by atoms with Crippen molar-refractivity contribution in [3.8, 4) is 5.75 Å². The Hall–Kier alpha value is -1.50. The number of fused-ring (bicyclic) bond motifs is 1. The molecule has 1 aliphatic heterocycles. The molecule has 1 aromatic carbocycles. The van der Waals surface area contributed by atoms with E-state index < -0.39 is 0 Å². The quantitative estimate of drug-likeness (QED) is 0.676. The Morgan fingerprint density at radius 2 is 2.25 bits per heavy atom. The van der Waals surface area contributed by atoms with Crippen LogP contribution in [0.25, 0.3) is 5.57 Å². The van der Waals surface area contributed by atoms with Crippen molar-refractivity contribution in [2.75, 3.05) is 6.61 Å². The number of aryl methyl sites for hydroxylation is 1. The third-order valence-corrected chi connectivity index (χ3v) is 2.97. The Morgan fingerprint density at radius 3 is 2.94 bits per heavy atom. The van der Waals surface area contributed by atoms with E-state index in [4.69, 9.17) is 4.74 Å². The molecule has 1 aliphatic rings. The second-order valence-electron chi connectivity index (χ2n) is 4.26. The van der Waals surface area contributed by atoms with Crippen LogP contribution < -0.4 is 4.74 Å². The van der Waals surface area contributed by atoms with Gasteiger partial charge in [-0.25, -0.2) is 0 Å². The largest absolute Gasteiger partial charge is 0.493 e. The van der Waals surface area contributed by atoms with Crippen LogP contribution >= 0.6 is 0 Å². The van der Waals surface area contributed by atoms with Gasteiger partial charge in [0, 0.05) is 0 Å². The average Bonchev–Trinajstić information content (AvgIpc) is 2.29. The van der Waals surface area contributed by atoms with Gasteiger partial charge >= 0.3 is 0 Å². The van der Waals surface area contributed by atoms with Gasteiger partial charge in [-0.1, -0.05) is 30.4 Å². The van der Waals surface area contributed by atoms with Crippen molar-refractivity contribution >= 4 is 5.57 Å². The lowest BCUT2D eigenvalue weighted by Crippen LogP contribution is -2.08. The minimum atomic E-state index is 0.842. The van der Waals surface area contributed by atoms with Crippen LogP contribution in [0, 0.1) is 0 Å². The van der Waals surface area contributed by atoms with Gasteiger partial charge in [-0.05, 0) is 49.5 Å². The second kappa shape index (κ2) is 4.56. The molecule has 1 aromatic rings. The van der Waals surface area contributed by atoms with Crippen molar-refractivity contribution in [3.63, 3.8) is 0 Å². The van der Waals surface area contributed by atoms with Gasteiger partial charge in [0.05, 0.1) is 6.61 Å². The normalized spacial score (nSPS) is 15.2. The van der Waals surface area contributed by atoms with Gasteiger partial charge in [0.1, 0.15) is 5.75 Å². The fourth-order valence-electron chi connectivity index (χ4n) is 2.17. The van der Waals surface area contributed by atoms with Gasteiger partial charge in [-0.3, -0.25) is 0 Å². The average molecular weight is 214 g/mol. The summed E-state index contributed by atoms with van der Waals surface area (Å²) in [6, 6.07) is 6.48. The highest BCUT2D eigenvalue weighted by atomic mass is 16.5. The molecule has 0 amide bonds. The molecule has 0 aliphatic carbocycles. The summed E-state index contributed by atoms with van der Waals surface area (Å²) in [4.78, 5) is 0. The summed E-state index contributed by atoms with van der Waals surface area (Å²) in [5, 5.41) is 0. The molecule has 0 bridgehead atoms. The minimum Gasteiger partial charge on any atom is -0.493 e. The first-order valence-corrected chi connectivity index (χ1v) is 5.80. The maximum absolute atomic E-state index is 5.68. The Kier molecular flexibility index (Phi) is 3.14. The molecule has 1 nitrogen and oxygen atoms in total. The lowest BCUT2D eigenvalue weighted by atomic mass is 9.96. The first-order valence-electron chi connectivity index (χ1n) is 5.80. The highest BCUT2D eigenvalue weighted by molar-refractivity contribution is 5.78. The molecule has 0 saturated carbocycles. The van der Waals surface area contributed by atoms with E-state index >= 15 is 0 Å².